The molecule has 0 aromatic carbocycles. The van der Waals surface area contributed by atoms with Crippen LogP contribution in [0.5, 0.6) is 0 Å². The Morgan fingerprint density at radius 1 is 1.38 bits per heavy atom. The molecule has 16 heavy (non-hydrogen) atoms. The molecule has 0 unspecified atom stereocenters. The van der Waals surface area contributed by atoms with Crippen LogP contribution < -0.4 is 5.73 Å². The van der Waals surface area contributed by atoms with Crippen LogP contribution in [0.4, 0.5) is 5.95 Å². The molecule has 0 radical (unpaired) electrons. The smallest absolute Gasteiger partial charge is 0.220 e. The van der Waals surface area contributed by atoms with Gasteiger partial charge in [-0.3, -0.25) is 0 Å². The summed E-state index contributed by atoms with van der Waals surface area (Å²) in [5, 5.41) is 0. The maximum absolute atomic E-state index is 5.72. The largest absolute Gasteiger partial charge is 0.368 e. The summed E-state index contributed by atoms with van der Waals surface area (Å²) in [5.41, 5.74) is 10.7. The first-order chi connectivity index (χ1) is 7.44. The van der Waals surface area contributed by atoms with Crippen LogP contribution in [0.1, 0.15) is 44.6 Å². The van der Waals surface area contributed by atoms with Crippen LogP contribution in [0.25, 0.3) is 6.08 Å². The van der Waals surface area contributed by atoms with Gasteiger partial charge in [-0.05, 0) is 31.3 Å². The zero-order chi connectivity index (χ0) is 11.9. The number of hydrogen-bond donors (Lipinski definition) is 1. The number of nitrogen functional groups attached to an aromatic ring is 1. The minimum atomic E-state index is 0.205. The summed E-state index contributed by atoms with van der Waals surface area (Å²) in [5.74, 6) is 0.388. The van der Waals surface area contributed by atoms with Gasteiger partial charge in [-0.25, -0.2) is 9.97 Å². The molecule has 0 fully saturated rings. The summed E-state index contributed by atoms with van der Waals surface area (Å²) in [6.07, 6.45) is 4.07. The molecule has 3 nitrogen and oxygen atoms in total. The molecule has 0 bridgehead atoms. The van der Waals surface area contributed by atoms with Crippen LogP contribution >= 0.6 is 0 Å². The number of aromatic nitrogens is 2. The first-order valence-electron chi connectivity index (χ1n) is 5.78. The summed E-state index contributed by atoms with van der Waals surface area (Å²) in [6, 6.07) is 0. The third-order valence-corrected chi connectivity index (χ3v) is 3.52. The molecule has 0 spiro atoms. The van der Waals surface area contributed by atoms with Gasteiger partial charge in [-0.1, -0.05) is 26.3 Å². The van der Waals surface area contributed by atoms with E-state index >= 15 is 0 Å². The lowest BCUT2D eigenvalue weighted by molar-refractivity contribution is 0.437. The fraction of sp³-hybridized carbons (Fsp3) is 0.538. The van der Waals surface area contributed by atoms with Crippen LogP contribution in [0.15, 0.2) is 5.57 Å². The number of allylic oxidation sites excluding steroid dienone is 1. The molecule has 1 aliphatic carbocycles. The van der Waals surface area contributed by atoms with Crippen LogP contribution in [0.2, 0.25) is 0 Å². The molecule has 2 rings (SSSR count). The van der Waals surface area contributed by atoms with E-state index in [0.717, 1.165) is 24.2 Å². The van der Waals surface area contributed by atoms with E-state index in [1.807, 2.05) is 0 Å². The number of aryl methyl sites for hydroxylation is 1. The number of nitrogens with zero attached hydrogens (tertiary/aromatic N) is 2. The molecule has 1 aromatic rings. The highest BCUT2D eigenvalue weighted by Crippen LogP contribution is 2.38. The number of fused-ring (bicyclic) bond motifs is 1. The van der Waals surface area contributed by atoms with Crippen molar-refractivity contribution >= 4 is 12.0 Å². The topological polar surface area (TPSA) is 51.8 Å². The highest BCUT2D eigenvalue weighted by Gasteiger charge is 2.28. The van der Waals surface area contributed by atoms with Crippen molar-refractivity contribution in [1.82, 2.24) is 9.97 Å². The normalized spacial score (nSPS) is 17.9. The molecular weight excluding hydrogens is 198 g/mol. The van der Waals surface area contributed by atoms with Gasteiger partial charge in [0.2, 0.25) is 5.95 Å². The van der Waals surface area contributed by atoms with Crippen molar-refractivity contribution in [2.24, 2.45) is 5.41 Å². The van der Waals surface area contributed by atoms with Gasteiger partial charge < -0.3 is 5.73 Å². The van der Waals surface area contributed by atoms with Gasteiger partial charge >= 0.3 is 0 Å². The van der Waals surface area contributed by atoms with Crippen LogP contribution in [-0.4, -0.2) is 9.97 Å². The maximum Gasteiger partial charge on any atom is 0.220 e. The second-order valence-electron chi connectivity index (χ2n) is 5.13. The van der Waals surface area contributed by atoms with E-state index in [0.29, 0.717) is 5.95 Å². The van der Waals surface area contributed by atoms with Crippen molar-refractivity contribution in [2.45, 2.75) is 40.5 Å². The van der Waals surface area contributed by atoms with Crippen molar-refractivity contribution < 1.29 is 0 Å². The minimum absolute atomic E-state index is 0.205. The number of nitrogens with two attached hydrogens (primary N) is 1. The molecule has 2 N–H and O–H groups in total. The predicted molar refractivity (Wildman–Crippen MR) is 67.0 cm³/mol. The van der Waals surface area contributed by atoms with Gasteiger partial charge in [0.25, 0.3) is 0 Å². The molecule has 1 heterocycles. The summed E-state index contributed by atoms with van der Waals surface area (Å²) in [4.78, 5) is 8.66. The Morgan fingerprint density at radius 3 is 2.69 bits per heavy atom. The quantitative estimate of drug-likeness (QED) is 0.786. The van der Waals surface area contributed by atoms with Gasteiger partial charge in [-0.15, -0.1) is 0 Å². The standard InChI is InChI=1S/C13H19N3/c1-5-10-9-7-13(3,4)8(2)6-11(9)16-12(14)15-10/h6H,5,7H2,1-4H3,(H2,14,15,16). The average Bonchev–Trinajstić information content (AvgIpc) is 2.19. The average molecular weight is 217 g/mol. The Bertz CT molecular complexity index is 458. The molecule has 0 aliphatic heterocycles. The van der Waals surface area contributed by atoms with Gasteiger partial charge in [0, 0.05) is 11.3 Å². The fourth-order valence-electron chi connectivity index (χ4n) is 2.16. The fourth-order valence-corrected chi connectivity index (χ4v) is 2.16. The van der Waals surface area contributed by atoms with Crippen molar-refractivity contribution in [2.75, 3.05) is 5.73 Å². The Hall–Kier alpha value is -1.38. The van der Waals surface area contributed by atoms with E-state index in [2.05, 4.69) is 43.7 Å². The van der Waals surface area contributed by atoms with E-state index < -0.39 is 0 Å². The van der Waals surface area contributed by atoms with Crippen LogP contribution in [0, 0.1) is 5.41 Å². The van der Waals surface area contributed by atoms with Crippen molar-refractivity contribution in [3.63, 3.8) is 0 Å². The van der Waals surface area contributed by atoms with Crippen LogP contribution in [-0.2, 0) is 12.8 Å². The summed E-state index contributed by atoms with van der Waals surface area (Å²) in [7, 11) is 0. The molecule has 3 heteroatoms. The lowest BCUT2D eigenvalue weighted by atomic mass is 9.74. The van der Waals surface area contributed by atoms with Gasteiger partial charge in [0.05, 0.1) is 5.69 Å². The van der Waals surface area contributed by atoms with Crippen molar-refractivity contribution in [3.8, 4) is 0 Å². The number of rotatable bonds is 1. The second kappa shape index (κ2) is 3.58. The second-order valence-corrected chi connectivity index (χ2v) is 5.13. The van der Waals surface area contributed by atoms with E-state index in [-0.39, 0.29) is 5.41 Å². The monoisotopic (exact) mass is 217 g/mol. The molecular formula is C13H19N3. The van der Waals surface area contributed by atoms with E-state index in [1.165, 1.54) is 11.1 Å². The molecule has 0 saturated heterocycles. The van der Waals surface area contributed by atoms with E-state index in [4.69, 9.17) is 5.73 Å². The molecule has 0 saturated carbocycles. The first-order valence-corrected chi connectivity index (χ1v) is 5.78. The van der Waals surface area contributed by atoms with Crippen molar-refractivity contribution in [1.29, 1.82) is 0 Å². The van der Waals surface area contributed by atoms with Crippen LogP contribution in [0.3, 0.4) is 0 Å². The van der Waals surface area contributed by atoms with Crippen molar-refractivity contribution in [3.05, 3.63) is 22.5 Å². The zero-order valence-corrected chi connectivity index (χ0v) is 10.5. The predicted octanol–water partition coefficient (Wildman–Crippen LogP) is 2.61. The third kappa shape index (κ3) is 1.70. The van der Waals surface area contributed by atoms with Gasteiger partial charge in [-0.2, -0.15) is 0 Å². The molecule has 1 aromatic heterocycles. The summed E-state index contributed by atoms with van der Waals surface area (Å²) < 4.78 is 0. The first kappa shape index (κ1) is 11.1. The summed E-state index contributed by atoms with van der Waals surface area (Å²) >= 11 is 0. The van der Waals surface area contributed by atoms with Gasteiger partial charge in [0.1, 0.15) is 0 Å². The highest BCUT2D eigenvalue weighted by atomic mass is 15.0. The molecule has 1 aliphatic rings. The van der Waals surface area contributed by atoms with Gasteiger partial charge in [0.15, 0.2) is 0 Å². The lowest BCUT2D eigenvalue weighted by Crippen LogP contribution is -2.23. The SMILES string of the molecule is CCc1nc(N)nc2c1CC(C)(C)C(C)=C2. The number of anilines is 1. The lowest BCUT2D eigenvalue weighted by Gasteiger charge is -2.31. The van der Waals surface area contributed by atoms with E-state index in [1.54, 1.807) is 0 Å². The summed E-state index contributed by atoms with van der Waals surface area (Å²) in [6.45, 7) is 8.79. The van der Waals surface area contributed by atoms with E-state index in [9.17, 15) is 0 Å². The molecule has 0 amide bonds. The Labute approximate surface area is 96.8 Å². The Kier molecular flexibility index (Phi) is 2.49. The third-order valence-electron chi connectivity index (χ3n) is 3.52. The Morgan fingerprint density at radius 2 is 2.06 bits per heavy atom. The minimum Gasteiger partial charge on any atom is -0.368 e. The highest BCUT2D eigenvalue weighted by molar-refractivity contribution is 5.59. The zero-order valence-electron chi connectivity index (χ0n) is 10.5. The Balaban J connectivity index is 2.62. The number of hydrogen-bond acceptors (Lipinski definition) is 3. The molecule has 0 atom stereocenters. The maximum atomic E-state index is 5.72. The molecule has 86 valence electrons.